The van der Waals surface area contributed by atoms with Crippen molar-refractivity contribution in [2.75, 3.05) is 11.9 Å². The second kappa shape index (κ2) is 8.84. The average molecular weight is 474 g/mol. The van der Waals surface area contributed by atoms with Crippen molar-refractivity contribution in [2.45, 2.75) is 43.6 Å². The third kappa shape index (κ3) is 3.86. The van der Waals surface area contributed by atoms with Crippen LogP contribution in [0.3, 0.4) is 0 Å². The Hall–Kier alpha value is -3.24. The summed E-state index contributed by atoms with van der Waals surface area (Å²) in [5, 5.41) is 14.2. The van der Waals surface area contributed by atoms with E-state index in [2.05, 4.69) is 47.8 Å². The maximum atomic E-state index is 12.6. The maximum Gasteiger partial charge on any atom is 0.329 e. The Kier molecular flexibility index (Phi) is 5.86. The zero-order valence-electron chi connectivity index (χ0n) is 19.2. The van der Waals surface area contributed by atoms with Crippen LogP contribution >= 0.6 is 11.6 Å². The van der Waals surface area contributed by atoms with Crippen molar-refractivity contribution < 1.29 is 14.6 Å². The van der Waals surface area contributed by atoms with E-state index in [1.54, 1.807) is 12.1 Å². The molecule has 0 aromatic heterocycles. The monoisotopic (exact) mass is 473 g/mol. The fraction of sp³-hybridized carbons (Fsp3) is 0.276. The molecule has 4 nitrogen and oxygen atoms in total. The van der Waals surface area contributed by atoms with E-state index >= 15 is 0 Å². The summed E-state index contributed by atoms with van der Waals surface area (Å²) < 4.78 is 5.77. The molecule has 0 unspecified atom stereocenters. The molecule has 2 aliphatic rings. The molecular weight excluding hydrogens is 446 g/mol. The fourth-order valence-corrected chi connectivity index (χ4v) is 5.84. The van der Waals surface area contributed by atoms with Crippen LogP contribution in [0.2, 0.25) is 5.02 Å². The molecule has 1 fully saturated rings. The van der Waals surface area contributed by atoms with Gasteiger partial charge in [0.2, 0.25) is 0 Å². The number of anilines is 1. The Morgan fingerprint density at radius 1 is 1.00 bits per heavy atom. The van der Waals surface area contributed by atoms with Crippen LogP contribution in [0.1, 0.15) is 49.3 Å². The lowest BCUT2D eigenvalue weighted by Crippen LogP contribution is -2.52. The number of carboxylic acids is 1. The van der Waals surface area contributed by atoms with E-state index in [9.17, 15) is 9.90 Å². The number of allylic oxidation sites excluding steroid dienone is 1. The number of halogens is 1. The van der Waals surface area contributed by atoms with Gasteiger partial charge < -0.3 is 15.2 Å². The largest absolute Gasteiger partial charge is 0.494 e. The van der Waals surface area contributed by atoms with Crippen molar-refractivity contribution in [3.8, 4) is 5.75 Å². The van der Waals surface area contributed by atoms with Gasteiger partial charge in [0.05, 0.1) is 6.61 Å². The Balaban J connectivity index is 1.51. The first kappa shape index (κ1) is 22.5. The Morgan fingerprint density at radius 2 is 1.76 bits per heavy atom. The number of hydrogen-bond acceptors (Lipinski definition) is 3. The molecule has 0 atom stereocenters. The van der Waals surface area contributed by atoms with E-state index in [1.165, 1.54) is 16.7 Å². The second-order valence-corrected chi connectivity index (χ2v) is 9.65. The van der Waals surface area contributed by atoms with Gasteiger partial charge in [-0.05, 0) is 91.3 Å². The Labute approximate surface area is 205 Å². The zero-order valence-corrected chi connectivity index (χ0v) is 19.9. The summed E-state index contributed by atoms with van der Waals surface area (Å²) in [6.07, 6.45) is 4.75. The summed E-state index contributed by atoms with van der Waals surface area (Å²) in [4.78, 5) is 12.6. The van der Waals surface area contributed by atoms with Crippen molar-refractivity contribution >= 4 is 34.9 Å². The molecule has 1 saturated carbocycles. The minimum atomic E-state index is -1.04. The van der Waals surface area contributed by atoms with E-state index in [4.69, 9.17) is 16.3 Å². The molecule has 0 aliphatic heterocycles. The van der Waals surface area contributed by atoms with Gasteiger partial charge in [0.25, 0.3) is 0 Å². The number of nitrogens with one attached hydrogen (secondary N) is 1. The molecule has 5 rings (SSSR count). The van der Waals surface area contributed by atoms with E-state index in [-0.39, 0.29) is 5.41 Å². The summed E-state index contributed by atoms with van der Waals surface area (Å²) in [6.45, 7) is 2.60. The lowest BCUT2D eigenvalue weighted by atomic mass is 9.61. The third-order valence-corrected chi connectivity index (χ3v) is 7.56. The maximum absolute atomic E-state index is 12.6. The van der Waals surface area contributed by atoms with E-state index in [1.807, 2.05) is 31.2 Å². The molecule has 2 aliphatic carbocycles. The number of hydrogen-bond donors (Lipinski definition) is 2. The number of carbonyl (C=O) groups is 1. The highest BCUT2D eigenvalue weighted by Crippen LogP contribution is 2.56. The van der Waals surface area contributed by atoms with Crippen LogP contribution in [0, 0.1) is 0 Å². The lowest BCUT2D eigenvalue weighted by molar-refractivity contribution is -0.143. The van der Waals surface area contributed by atoms with Crippen LogP contribution < -0.4 is 10.1 Å². The summed E-state index contributed by atoms with van der Waals surface area (Å²) in [6, 6.07) is 24.0. The first-order valence-corrected chi connectivity index (χ1v) is 12.2. The second-order valence-electron chi connectivity index (χ2n) is 9.21. The predicted octanol–water partition coefficient (Wildman–Crippen LogP) is 7.04. The Morgan fingerprint density at radius 3 is 2.50 bits per heavy atom. The number of ether oxygens (including phenoxy) is 1. The van der Waals surface area contributed by atoms with Crippen molar-refractivity contribution in [1.29, 1.82) is 0 Å². The van der Waals surface area contributed by atoms with Gasteiger partial charge in [-0.15, -0.1) is 0 Å². The molecule has 34 heavy (non-hydrogen) atoms. The van der Waals surface area contributed by atoms with Gasteiger partial charge in [0.15, 0.2) is 0 Å². The molecular formula is C29H28ClNO3. The van der Waals surface area contributed by atoms with Crippen LogP contribution in [0.4, 0.5) is 5.69 Å². The fourth-order valence-electron chi connectivity index (χ4n) is 5.65. The van der Waals surface area contributed by atoms with Gasteiger partial charge in [-0.1, -0.05) is 54.1 Å². The van der Waals surface area contributed by atoms with Crippen molar-refractivity contribution in [2.24, 2.45) is 0 Å². The highest BCUT2D eigenvalue weighted by atomic mass is 35.5. The van der Waals surface area contributed by atoms with Gasteiger partial charge in [-0.3, -0.25) is 0 Å². The molecule has 2 N–H and O–H groups in total. The smallest absolute Gasteiger partial charge is 0.329 e. The normalized spacial score (nSPS) is 23.3. The number of aliphatic carboxylic acids is 1. The SMILES string of the molecule is CCOc1cccc(C2=Cc3ccccc3C23CCC(Nc2cccc(Cl)c2)(C(=O)O)CC3)c1. The molecule has 0 saturated heterocycles. The molecule has 3 aromatic carbocycles. The molecule has 1 spiro atoms. The van der Waals surface area contributed by atoms with Gasteiger partial charge in [0.1, 0.15) is 11.3 Å². The molecule has 3 aromatic rings. The predicted molar refractivity (Wildman–Crippen MR) is 138 cm³/mol. The van der Waals surface area contributed by atoms with E-state index in [0.29, 0.717) is 24.5 Å². The van der Waals surface area contributed by atoms with Crippen LogP contribution in [0.25, 0.3) is 11.6 Å². The van der Waals surface area contributed by atoms with Gasteiger partial charge in [-0.2, -0.15) is 0 Å². The van der Waals surface area contributed by atoms with Gasteiger partial charge in [0, 0.05) is 16.1 Å². The number of benzene rings is 3. The van der Waals surface area contributed by atoms with Crippen LogP contribution in [-0.4, -0.2) is 23.2 Å². The van der Waals surface area contributed by atoms with Gasteiger partial charge in [-0.25, -0.2) is 4.79 Å². The highest BCUT2D eigenvalue weighted by molar-refractivity contribution is 6.30. The first-order chi connectivity index (χ1) is 16.5. The average Bonchev–Trinajstić information content (AvgIpc) is 3.15. The highest BCUT2D eigenvalue weighted by Gasteiger charge is 2.51. The lowest BCUT2D eigenvalue weighted by Gasteiger charge is -2.45. The van der Waals surface area contributed by atoms with Crippen molar-refractivity contribution in [3.05, 3.63) is 94.5 Å². The van der Waals surface area contributed by atoms with Gasteiger partial charge >= 0.3 is 5.97 Å². The third-order valence-electron chi connectivity index (χ3n) is 7.32. The molecule has 5 heteroatoms. The van der Waals surface area contributed by atoms with Crippen molar-refractivity contribution in [3.63, 3.8) is 0 Å². The topological polar surface area (TPSA) is 58.6 Å². The molecule has 0 bridgehead atoms. The summed E-state index contributed by atoms with van der Waals surface area (Å²) >= 11 is 6.16. The molecule has 174 valence electrons. The quantitative estimate of drug-likeness (QED) is 0.403. The zero-order chi connectivity index (χ0) is 23.8. The standard InChI is InChI=1S/C29H28ClNO3/c1-2-34-24-11-5-8-20(17-24)26-18-21-7-3-4-12-25(21)28(26)13-15-29(16-14-28,27(32)33)31-23-10-6-9-22(30)19-23/h3-12,17-19,31H,2,13-16H2,1H3,(H,32,33). The Bertz CT molecular complexity index is 1260. The number of fused-ring (bicyclic) bond motifs is 2. The molecule has 0 heterocycles. The van der Waals surface area contributed by atoms with Crippen LogP contribution in [-0.2, 0) is 10.2 Å². The van der Waals surface area contributed by atoms with Crippen LogP contribution in [0.5, 0.6) is 5.75 Å². The van der Waals surface area contributed by atoms with Crippen molar-refractivity contribution in [1.82, 2.24) is 0 Å². The van der Waals surface area contributed by atoms with E-state index < -0.39 is 11.5 Å². The van der Waals surface area contributed by atoms with Crippen LogP contribution in [0.15, 0.2) is 72.8 Å². The number of carboxylic acid groups (broad SMARTS) is 1. The first-order valence-electron chi connectivity index (χ1n) is 11.8. The molecule has 0 radical (unpaired) electrons. The minimum absolute atomic E-state index is 0.226. The summed E-state index contributed by atoms with van der Waals surface area (Å²) in [7, 11) is 0. The summed E-state index contributed by atoms with van der Waals surface area (Å²) in [5.41, 5.74) is 4.35. The number of rotatable bonds is 6. The minimum Gasteiger partial charge on any atom is -0.494 e. The molecule has 0 amide bonds. The summed E-state index contributed by atoms with van der Waals surface area (Å²) in [5.74, 6) is 0.0304. The van der Waals surface area contributed by atoms with E-state index in [0.717, 1.165) is 29.8 Å².